The van der Waals surface area contributed by atoms with Crippen LogP contribution in [0.25, 0.3) is 0 Å². The summed E-state index contributed by atoms with van der Waals surface area (Å²) in [6, 6.07) is 3.62. The van der Waals surface area contributed by atoms with Gasteiger partial charge in [0.05, 0.1) is 12.6 Å². The maximum Gasteiger partial charge on any atom is 0.410 e. The van der Waals surface area contributed by atoms with Gasteiger partial charge in [-0.1, -0.05) is 6.07 Å². The molecule has 0 saturated carbocycles. The van der Waals surface area contributed by atoms with E-state index in [4.69, 9.17) is 4.74 Å². The van der Waals surface area contributed by atoms with Crippen LogP contribution < -0.4 is 0 Å². The van der Waals surface area contributed by atoms with E-state index in [-0.39, 0.29) is 12.5 Å². The average Bonchev–Trinajstić information content (AvgIpc) is 2.40. The van der Waals surface area contributed by atoms with Gasteiger partial charge in [0.15, 0.2) is 11.6 Å². The van der Waals surface area contributed by atoms with Crippen molar-refractivity contribution in [1.29, 1.82) is 0 Å². The summed E-state index contributed by atoms with van der Waals surface area (Å²) in [6.45, 7) is 5.83. The summed E-state index contributed by atoms with van der Waals surface area (Å²) in [5.41, 5.74) is -0.0610. The first-order chi connectivity index (χ1) is 10.2. The van der Waals surface area contributed by atoms with Crippen molar-refractivity contribution in [2.24, 2.45) is 0 Å². The molecule has 1 aromatic carbocycles. The van der Waals surface area contributed by atoms with Gasteiger partial charge in [-0.2, -0.15) is 0 Å². The lowest BCUT2D eigenvalue weighted by molar-refractivity contribution is -0.00155. The molecule has 1 N–H and O–H groups in total. The minimum Gasteiger partial charge on any atom is -0.444 e. The van der Waals surface area contributed by atoms with E-state index in [1.165, 1.54) is 11.0 Å². The van der Waals surface area contributed by atoms with Crippen molar-refractivity contribution in [3.05, 3.63) is 35.4 Å². The lowest BCUT2D eigenvalue weighted by Crippen LogP contribution is -2.47. The minimum absolute atomic E-state index is 0.110. The first kappa shape index (κ1) is 16.7. The minimum atomic E-state index is -0.931. The van der Waals surface area contributed by atoms with Gasteiger partial charge < -0.3 is 14.7 Å². The fourth-order valence-electron chi connectivity index (χ4n) is 2.56. The lowest BCUT2D eigenvalue weighted by atomic mass is 9.87. The predicted molar refractivity (Wildman–Crippen MR) is 77.5 cm³/mol. The molecular formula is C16H21F2NO3. The number of aliphatic hydroxyl groups is 1. The van der Waals surface area contributed by atoms with E-state index in [0.29, 0.717) is 18.5 Å². The van der Waals surface area contributed by atoms with E-state index >= 15 is 0 Å². The van der Waals surface area contributed by atoms with Gasteiger partial charge in [0.25, 0.3) is 0 Å². The van der Waals surface area contributed by atoms with Crippen molar-refractivity contribution in [1.82, 2.24) is 4.90 Å². The molecule has 2 rings (SSSR count). The van der Waals surface area contributed by atoms with Gasteiger partial charge in [0.2, 0.25) is 0 Å². The Bertz CT molecular complexity index is 557. The maximum absolute atomic E-state index is 13.3. The Kier molecular flexibility index (Phi) is 4.70. The molecule has 22 heavy (non-hydrogen) atoms. The summed E-state index contributed by atoms with van der Waals surface area (Å²) in [7, 11) is 0. The van der Waals surface area contributed by atoms with Crippen molar-refractivity contribution in [3.63, 3.8) is 0 Å². The highest BCUT2D eigenvalue weighted by Crippen LogP contribution is 2.30. The van der Waals surface area contributed by atoms with Crippen molar-refractivity contribution in [2.75, 3.05) is 13.1 Å². The Hall–Kier alpha value is -1.69. The predicted octanol–water partition coefficient (Wildman–Crippen LogP) is 3.05. The van der Waals surface area contributed by atoms with E-state index < -0.39 is 29.4 Å². The zero-order chi connectivity index (χ0) is 16.5. The van der Waals surface area contributed by atoms with Gasteiger partial charge in [-0.15, -0.1) is 0 Å². The summed E-state index contributed by atoms with van der Waals surface area (Å²) in [6.07, 6.45) is -0.854. The molecule has 0 unspecified atom stereocenters. The van der Waals surface area contributed by atoms with E-state index in [0.717, 1.165) is 12.1 Å². The lowest BCUT2D eigenvalue weighted by Gasteiger charge is -2.36. The van der Waals surface area contributed by atoms with E-state index in [1.807, 2.05) is 0 Å². The second kappa shape index (κ2) is 6.20. The molecule has 1 saturated heterocycles. The Morgan fingerprint density at radius 1 is 1.32 bits per heavy atom. The quantitative estimate of drug-likeness (QED) is 0.867. The normalized spacial score (nSPS) is 22.5. The molecule has 122 valence electrons. The fraction of sp³-hybridized carbons (Fsp3) is 0.562. The van der Waals surface area contributed by atoms with E-state index in [1.54, 1.807) is 20.8 Å². The van der Waals surface area contributed by atoms with Gasteiger partial charge in [-0.3, -0.25) is 0 Å². The molecular weight excluding hydrogens is 292 g/mol. The molecule has 0 spiro atoms. The maximum atomic E-state index is 13.3. The zero-order valence-electron chi connectivity index (χ0n) is 13.0. The van der Waals surface area contributed by atoms with Crippen LogP contribution in [0.1, 0.15) is 38.7 Å². The van der Waals surface area contributed by atoms with Gasteiger partial charge in [-0.05, 0) is 44.9 Å². The Labute approximate surface area is 128 Å². The highest BCUT2D eigenvalue weighted by atomic mass is 19.2. The van der Waals surface area contributed by atoms with Gasteiger partial charge in [-0.25, -0.2) is 13.6 Å². The molecule has 0 radical (unpaired) electrons. The number of aliphatic hydroxyl groups excluding tert-OH is 1. The number of hydrogen-bond acceptors (Lipinski definition) is 3. The molecule has 1 heterocycles. The number of carbonyl (C=O) groups is 1. The van der Waals surface area contributed by atoms with E-state index in [9.17, 15) is 18.7 Å². The summed E-state index contributed by atoms with van der Waals surface area (Å²) < 4.78 is 31.6. The first-order valence-corrected chi connectivity index (χ1v) is 7.28. The zero-order valence-corrected chi connectivity index (χ0v) is 13.0. The number of benzene rings is 1. The number of rotatable bonds is 1. The standard InChI is InChI=1S/C16H21F2NO3/c1-16(2,3)22-15(21)19-7-6-11(14(20)9-19)10-4-5-12(17)13(18)8-10/h4-5,8,11,14,20H,6-7,9H2,1-3H3/t11-,14+/m0/s1. The molecule has 0 aliphatic carbocycles. The smallest absolute Gasteiger partial charge is 0.410 e. The highest BCUT2D eigenvalue weighted by Gasteiger charge is 2.33. The fourth-order valence-corrected chi connectivity index (χ4v) is 2.56. The third-order valence-electron chi connectivity index (χ3n) is 3.61. The van der Waals surface area contributed by atoms with Crippen molar-refractivity contribution < 1.29 is 23.4 Å². The Morgan fingerprint density at radius 2 is 2.00 bits per heavy atom. The molecule has 1 fully saturated rings. The largest absolute Gasteiger partial charge is 0.444 e. The van der Waals surface area contributed by atoms with Crippen molar-refractivity contribution in [2.45, 2.75) is 44.8 Å². The molecule has 1 aliphatic heterocycles. The van der Waals surface area contributed by atoms with Gasteiger partial charge >= 0.3 is 6.09 Å². The average molecular weight is 313 g/mol. The van der Waals surface area contributed by atoms with Crippen LogP contribution in [0.3, 0.4) is 0 Å². The number of nitrogens with zero attached hydrogens (tertiary/aromatic N) is 1. The number of hydrogen-bond donors (Lipinski definition) is 1. The van der Waals surface area contributed by atoms with Crippen molar-refractivity contribution in [3.8, 4) is 0 Å². The van der Waals surface area contributed by atoms with Crippen LogP contribution in [-0.2, 0) is 4.74 Å². The summed E-state index contributed by atoms with van der Waals surface area (Å²) in [5, 5.41) is 10.2. The van der Waals surface area contributed by atoms with E-state index in [2.05, 4.69) is 0 Å². The second-order valence-corrected chi connectivity index (χ2v) is 6.56. The molecule has 2 atom stereocenters. The van der Waals surface area contributed by atoms with Gasteiger partial charge in [0, 0.05) is 12.5 Å². The SMILES string of the molecule is CC(C)(C)OC(=O)N1CC[C@@H](c2ccc(F)c(F)c2)[C@H](O)C1. The second-order valence-electron chi connectivity index (χ2n) is 6.56. The van der Waals surface area contributed by atoms with Crippen LogP contribution in [0, 0.1) is 11.6 Å². The monoisotopic (exact) mass is 313 g/mol. The van der Waals surface area contributed by atoms with Gasteiger partial charge in [0.1, 0.15) is 5.60 Å². The number of amides is 1. The Morgan fingerprint density at radius 3 is 2.55 bits per heavy atom. The number of β-amino-alcohol motifs (C(OH)–C–C–N with tert-alkyl or cyclic N) is 1. The van der Waals surface area contributed by atoms with Crippen LogP contribution in [0.4, 0.5) is 13.6 Å². The van der Waals surface area contributed by atoms with Crippen LogP contribution in [-0.4, -0.2) is 40.9 Å². The third-order valence-corrected chi connectivity index (χ3v) is 3.61. The summed E-state index contributed by atoms with van der Waals surface area (Å²) in [5.74, 6) is -2.17. The van der Waals surface area contributed by atoms with Crippen LogP contribution in [0.15, 0.2) is 18.2 Å². The third kappa shape index (κ3) is 3.94. The summed E-state index contributed by atoms with van der Waals surface area (Å²) in [4.78, 5) is 13.4. The topological polar surface area (TPSA) is 49.8 Å². The molecule has 1 amide bonds. The Balaban J connectivity index is 2.03. The molecule has 1 aromatic rings. The number of carbonyl (C=O) groups excluding carboxylic acids is 1. The van der Waals surface area contributed by atoms with Crippen molar-refractivity contribution >= 4 is 6.09 Å². The van der Waals surface area contributed by atoms with Crippen LogP contribution in [0.2, 0.25) is 0 Å². The number of piperidine rings is 1. The van der Waals surface area contributed by atoms with Crippen LogP contribution in [0.5, 0.6) is 0 Å². The number of likely N-dealkylation sites (tertiary alicyclic amines) is 1. The number of halogens is 2. The first-order valence-electron chi connectivity index (χ1n) is 7.28. The molecule has 4 nitrogen and oxygen atoms in total. The highest BCUT2D eigenvalue weighted by molar-refractivity contribution is 5.68. The molecule has 1 aliphatic rings. The number of ether oxygens (including phenoxy) is 1. The molecule has 6 heteroatoms. The summed E-state index contributed by atoms with van der Waals surface area (Å²) >= 11 is 0. The molecule has 0 aromatic heterocycles. The molecule has 0 bridgehead atoms. The van der Waals surface area contributed by atoms with Crippen LogP contribution >= 0.6 is 0 Å².